The van der Waals surface area contributed by atoms with Crippen LogP contribution < -0.4 is 5.32 Å². The maximum absolute atomic E-state index is 9.88. The third-order valence-corrected chi connectivity index (χ3v) is 5.92. The molecule has 26 heavy (non-hydrogen) atoms. The lowest BCUT2D eigenvalue weighted by Gasteiger charge is -2.37. The molecule has 1 saturated heterocycles. The van der Waals surface area contributed by atoms with Crippen LogP contribution in [0.1, 0.15) is 56.1 Å². The van der Waals surface area contributed by atoms with Crippen molar-refractivity contribution >= 4 is 24.8 Å². The number of nitrogens with one attached hydrogen (secondary N) is 1. The fraction of sp³-hybridized carbons (Fsp3) is 0.714. The number of nitrogens with zero attached hydrogens (tertiary/aromatic N) is 1. The largest absolute Gasteiger partial charge is 0.393 e. The molecule has 5 heteroatoms. The monoisotopic (exact) mass is 402 g/mol. The number of aliphatic hydroxyl groups is 1. The maximum atomic E-state index is 9.88. The van der Waals surface area contributed by atoms with Crippen molar-refractivity contribution in [3.8, 4) is 0 Å². The highest BCUT2D eigenvalue weighted by Crippen LogP contribution is 2.37. The third-order valence-electron chi connectivity index (χ3n) is 5.92. The molecule has 1 unspecified atom stereocenters. The van der Waals surface area contributed by atoms with Crippen LogP contribution >= 0.6 is 24.8 Å². The normalized spacial score (nSPS) is 25.0. The summed E-state index contributed by atoms with van der Waals surface area (Å²) in [6, 6.07) is 9.42. The van der Waals surface area contributed by atoms with Gasteiger partial charge in [0.1, 0.15) is 0 Å². The van der Waals surface area contributed by atoms with E-state index in [0.717, 1.165) is 31.8 Å². The van der Waals surface area contributed by atoms with E-state index in [1.165, 1.54) is 56.4 Å². The highest BCUT2D eigenvalue weighted by atomic mass is 35.5. The van der Waals surface area contributed by atoms with E-state index in [4.69, 9.17) is 0 Å². The molecule has 1 aromatic carbocycles. The fourth-order valence-electron chi connectivity index (χ4n) is 4.42. The molecule has 3 nitrogen and oxygen atoms in total. The van der Waals surface area contributed by atoms with Crippen LogP contribution in [0.2, 0.25) is 0 Å². The zero-order chi connectivity index (χ0) is 16.8. The van der Waals surface area contributed by atoms with Crippen molar-refractivity contribution in [1.82, 2.24) is 10.2 Å². The number of halogens is 2. The van der Waals surface area contributed by atoms with Gasteiger partial charge in [-0.25, -0.2) is 0 Å². The smallest absolute Gasteiger partial charge is 0.0540 e. The highest BCUT2D eigenvalue weighted by Gasteiger charge is 2.29. The summed E-state index contributed by atoms with van der Waals surface area (Å²) in [4.78, 5) is 2.63. The van der Waals surface area contributed by atoms with Crippen LogP contribution in [0.5, 0.6) is 0 Å². The fourth-order valence-corrected chi connectivity index (χ4v) is 4.42. The molecule has 0 radical (unpaired) electrons. The topological polar surface area (TPSA) is 35.5 Å². The molecular formula is C21H36Cl2N2O. The van der Waals surface area contributed by atoms with Gasteiger partial charge in [-0.2, -0.15) is 0 Å². The first-order chi connectivity index (χ1) is 11.8. The third kappa shape index (κ3) is 6.69. The maximum Gasteiger partial charge on any atom is 0.0540 e. The number of hydrogen-bond acceptors (Lipinski definition) is 3. The minimum absolute atomic E-state index is 0. The second-order valence-electron chi connectivity index (χ2n) is 7.72. The van der Waals surface area contributed by atoms with Crippen LogP contribution in [-0.4, -0.2) is 48.8 Å². The summed E-state index contributed by atoms with van der Waals surface area (Å²) in [6.07, 6.45) is 6.65. The van der Waals surface area contributed by atoms with Crippen LogP contribution in [0.3, 0.4) is 0 Å². The molecule has 1 atom stereocenters. The Morgan fingerprint density at radius 1 is 1.04 bits per heavy atom. The minimum Gasteiger partial charge on any atom is -0.393 e. The van der Waals surface area contributed by atoms with Gasteiger partial charge in [0, 0.05) is 32.7 Å². The van der Waals surface area contributed by atoms with Crippen LogP contribution in [0.15, 0.2) is 24.3 Å². The van der Waals surface area contributed by atoms with E-state index in [1.807, 2.05) is 0 Å². The van der Waals surface area contributed by atoms with Gasteiger partial charge in [-0.05, 0) is 55.1 Å². The van der Waals surface area contributed by atoms with Crippen LogP contribution in [0, 0.1) is 5.92 Å². The van der Waals surface area contributed by atoms with Crippen molar-refractivity contribution in [1.29, 1.82) is 0 Å². The SMILES string of the molecule is CCCc1ccc(C(CN2CCNCC2)C2CCC(O)CC2)cc1.Cl.Cl. The molecule has 2 fully saturated rings. The van der Waals surface area contributed by atoms with Crippen molar-refractivity contribution in [3.63, 3.8) is 0 Å². The zero-order valence-electron chi connectivity index (χ0n) is 16.0. The van der Waals surface area contributed by atoms with Crippen molar-refractivity contribution < 1.29 is 5.11 Å². The van der Waals surface area contributed by atoms with Gasteiger partial charge in [-0.1, -0.05) is 37.6 Å². The Bertz CT molecular complexity index is 483. The lowest BCUT2D eigenvalue weighted by molar-refractivity contribution is 0.0932. The first kappa shape index (κ1) is 23.7. The summed E-state index contributed by atoms with van der Waals surface area (Å²) in [7, 11) is 0. The van der Waals surface area contributed by atoms with Gasteiger partial charge >= 0.3 is 0 Å². The Morgan fingerprint density at radius 3 is 2.23 bits per heavy atom. The molecule has 0 amide bonds. The first-order valence-electron chi connectivity index (χ1n) is 9.96. The highest BCUT2D eigenvalue weighted by molar-refractivity contribution is 5.85. The zero-order valence-corrected chi connectivity index (χ0v) is 17.7. The van der Waals surface area contributed by atoms with E-state index in [1.54, 1.807) is 0 Å². The average Bonchev–Trinajstić information content (AvgIpc) is 2.63. The molecule has 0 bridgehead atoms. The molecule has 1 aliphatic heterocycles. The summed E-state index contributed by atoms with van der Waals surface area (Å²) in [5.74, 6) is 1.34. The molecule has 150 valence electrons. The predicted molar refractivity (Wildman–Crippen MR) is 115 cm³/mol. The van der Waals surface area contributed by atoms with Crippen LogP contribution in [0.4, 0.5) is 0 Å². The Labute approximate surface area is 171 Å². The number of aryl methyl sites for hydroxylation is 1. The number of hydrogen-bond donors (Lipinski definition) is 2. The lowest BCUT2D eigenvalue weighted by Crippen LogP contribution is -2.46. The van der Waals surface area contributed by atoms with Gasteiger partial charge in [0.2, 0.25) is 0 Å². The van der Waals surface area contributed by atoms with Crippen molar-refractivity contribution in [2.24, 2.45) is 5.92 Å². The molecule has 2 N–H and O–H groups in total. The number of rotatable bonds is 6. The molecule has 0 spiro atoms. The first-order valence-corrected chi connectivity index (χ1v) is 9.96. The standard InChI is InChI=1S/C21H34N2O.2ClH/c1-2-3-17-4-6-18(7-5-17)21(16-23-14-12-22-13-15-23)19-8-10-20(24)11-9-19;;/h4-7,19-22,24H,2-3,8-16H2,1H3;2*1H. The Morgan fingerprint density at radius 2 is 1.65 bits per heavy atom. The summed E-state index contributed by atoms with van der Waals surface area (Å²) >= 11 is 0. The molecular weight excluding hydrogens is 367 g/mol. The average molecular weight is 403 g/mol. The Kier molecular flexibility index (Phi) is 11.1. The van der Waals surface area contributed by atoms with Gasteiger partial charge < -0.3 is 15.3 Å². The summed E-state index contributed by atoms with van der Waals surface area (Å²) in [5, 5.41) is 13.3. The molecule has 2 aliphatic rings. The van der Waals surface area contributed by atoms with E-state index in [-0.39, 0.29) is 30.9 Å². The summed E-state index contributed by atoms with van der Waals surface area (Å²) in [6.45, 7) is 7.99. The van der Waals surface area contributed by atoms with E-state index >= 15 is 0 Å². The number of piperazine rings is 1. The number of aliphatic hydroxyl groups excluding tert-OH is 1. The van der Waals surface area contributed by atoms with Gasteiger partial charge in [-0.15, -0.1) is 24.8 Å². The van der Waals surface area contributed by atoms with Gasteiger partial charge in [0.05, 0.1) is 6.10 Å². The second-order valence-corrected chi connectivity index (χ2v) is 7.72. The Balaban J connectivity index is 0.00000169. The van der Waals surface area contributed by atoms with E-state index in [2.05, 4.69) is 41.4 Å². The van der Waals surface area contributed by atoms with E-state index in [0.29, 0.717) is 5.92 Å². The van der Waals surface area contributed by atoms with Gasteiger partial charge in [-0.3, -0.25) is 0 Å². The summed E-state index contributed by atoms with van der Waals surface area (Å²) < 4.78 is 0. The molecule has 0 aromatic heterocycles. The van der Waals surface area contributed by atoms with Gasteiger partial charge in [0.25, 0.3) is 0 Å². The van der Waals surface area contributed by atoms with Crippen molar-refractivity contribution in [2.45, 2.75) is 57.5 Å². The van der Waals surface area contributed by atoms with Crippen LogP contribution in [-0.2, 0) is 6.42 Å². The quantitative estimate of drug-likeness (QED) is 0.753. The summed E-state index contributed by atoms with van der Waals surface area (Å²) in [5.41, 5.74) is 2.97. The van der Waals surface area contributed by atoms with Crippen LogP contribution in [0.25, 0.3) is 0 Å². The minimum atomic E-state index is -0.0620. The van der Waals surface area contributed by atoms with Crippen molar-refractivity contribution in [2.75, 3.05) is 32.7 Å². The lowest BCUT2D eigenvalue weighted by atomic mass is 9.75. The predicted octanol–water partition coefficient (Wildman–Crippen LogP) is 4.02. The van der Waals surface area contributed by atoms with E-state index < -0.39 is 0 Å². The van der Waals surface area contributed by atoms with Crippen molar-refractivity contribution in [3.05, 3.63) is 35.4 Å². The molecule has 1 saturated carbocycles. The van der Waals surface area contributed by atoms with Gasteiger partial charge in [0.15, 0.2) is 0 Å². The van der Waals surface area contributed by atoms with E-state index in [9.17, 15) is 5.11 Å². The second kappa shape index (κ2) is 12.2. The molecule has 1 aliphatic carbocycles. The molecule has 1 aromatic rings. The Hall–Kier alpha value is -0.320. The molecule has 1 heterocycles. The number of benzene rings is 1. The molecule has 3 rings (SSSR count).